The average molecular weight is 1190 g/mol. The standard InChI is InChI=1S/C33H26ClN9O17S5.Cu.5Na/c1-14-3-4-16(61(46,47)48)10-21(14)36-33-38-31(34)37-32(39-33)35-20-7-6-18-19(30(20)65(58,59)60)12-27(64(55,56)57)28(29(18)45)43-41-23-9-15(2)22(13-25(23)44)40-42-24-11-17(62(49,50)51)5-8-26(24)63(52,53)54;;;;;;/h3-13,44-45H,1-2H3,(H,46,47,48)(H,49,50,51)(H,52,53,54)(H,55,56,57)(H,58,59,60)(H2,35,36,37,38,39);;;;;;/q;+2;5*+1/p-7. The van der Waals surface area contributed by atoms with E-state index in [-0.39, 0.29) is 182 Å². The third-order valence-corrected chi connectivity index (χ3v) is 13.1. The monoisotopic (exact) mass is 1190 g/mol. The number of hydrogen-bond acceptors (Lipinski definition) is 26. The summed E-state index contributed by atoms with van der Waals surface area (Å²) in [6, 6.07) is 8.49. The van der Waals surface area contributed by atoms with Crippen LogP contribution in [0.3, 0.4) is 0 Å². The normalized spacial score (nSPS) is 11.8. The summed E-state index contributed by atoms with van der Waals surface area (Å²) in [5.74, 6) is -3.58. The van der Waals surface area contributed by atoms with E-state index < -0.39 is 137 Å². The number of aryl methyl sites for hydroxylation is 2. The minimum Gasteiger partial charge on any atom is -0.871 e. The molecule has 1 heterocycles. The van der Waals surface area contributed by atoms with Crippen LogP contribution in [0.2, 0.25) is 5.28 Å². The van der Waals surface area contributed by atoms with Crippen LogP contribution in [0, 0.1) is 13.8 Å². The Labute approximate surface area is 529 Å². The predicted molar refractivity (Wildman–Crippen MR) is 211 cm³/mol. The molecule has 2 N–H and O–H groups in total. The third kappa shape index (κ3) is 17.3. The van der Waals surface area contributed by atoms with Crippen molar-refractivity contribution >= 4 is 119 Å². The van der Waals surface area contributed by atoms with Gasteiger partial charge in [0.2, 0.25) is 17.2 Å². The fourth-order valence-corrected chi connectivity index (χ4v) is 8.83. The molecule has 71 heavy (non-hydrogen) atoms. The summed E-state index contributed by atoms with van der Waals surface area (Å²) >= 11 is 6.02. The van der Waals surface area contributed by atoms with Gasteiger partial charge >= 0.3 is 165 Å². The van der Waals surface area contributed by atoms with Crippen LogP contribution in [0.1, 0.15) is 11.1 Å². The number of aromatic nitrogens is 3. The molecule has 26 nitrogen and oxygen atoms in total. The molecule has 0 aliphatic rings. The largest absolute Gasteiger partial charge is 2.00 e. The van der Waals surface area contributed by atoms with Crippen molar-refractivity contribution in [3.05, 3.63) is 83.1 Å². The number of rotatable bonds is 13. The molecule has 5 aromatic carbocycles. The van der Waals surface area contributed by atoms with Crippen LogP contribution in [0.25, 0.3) is 10.8 Å². The number of benzene rings is 5. The van der Waals surface area contributed by atoms with Gasteiger partial charge in [-0.15, -0.1) is 10.2 Å². The first-order valence-electron chi connectivity index (χ1n) is 16.9. The number of fused-ring (bicyclic) bond motifs is 1. The Morgan fingerprint density at radius 3 is 1.54 bits per heavy atom. The van der Waals surface area contributed by atoms with Gasteiger partial charge in [-0.05, 0) is 96.6 Å². The van der Waals surface area contributed by atoms with Crippen LogP contribution in [0.4, 0.5) is 46.0 Å². The maximum atomic E-state index is 13.7. The van der Waals surface area contributed by atoms with E-state index in [1.165, 1.54) is 19.9 Å². The number of hydrogen-bond donors (Lipinski definition) is 2. The van der Waals surface area contributed by atoms with Crippen LogP contribution < -0.4 is 169 Å². The molecule has 38 heteroatoms. The van der Waals surface area contributed by atoms with E-state index in [0.29, 0.717) is 35.9 Å². The number of nitrogens with zero attached hydrogens (tertiary/aromatic N) is 7. The van der Waals surface area contributed by atoms with Crippen molar-refractivity contribution < 1.29 is 240 Å². The number of azo groups is 2. The molecule has 0 fully saturated rings. The maximum absolute atomic E-state index is 13.7. The number of halogens is 1. The number of anilines is 4. The van der Waals surface area contributed by atoms with Crippen LogP contribution in [0.5, 0.6) is 11.5 Å². The Hall–Kier alpha value is -0.871. The van der Waals surface area contributed by atoms with Crippen LogP contribution in [-0.4, -0.2) is 79.8 Å². The van der Waals surface area contributed by atoms with Crippen molar-refractivity contribution in [2.24, 2.45) is 20.5 Å². The molecule has 0 spiro atoms. The predicted octanol–water partition coefficient (Wildman–Crippen LogP) is -11.7. The van der Waals surface area contributed by atoms with Gasteiger partial charge in [-0.3, -0.25) is 0 Å². The Balaban J connectivity index is 0.00000817. The Morgan fingerprint density at radius 1 is 0.493 bits per heavy atom. The fraction of sp³-hybridized carbons (Fsp3) is 0.0606. The number of nitrogens with one attached hydrogen (secondary N) is 2. The van der Waals surface area contributed by atoms with Crippen molar-refractivity contribution in [3.8, 4) is 11.5 Å². The quantitative estimate of drug-likeness (QED) is 0.0616. The van der Waals surface area contributed by atoms with Crippen molar-refractivity contribution in [2.75, 3.05) is 10.6 Å². The van der Waals surface area contributed by atoms with E-state index in [9.17, 15) is 75.1 Å². The second-order valence-electron chi connectivity index (χ2n) is 13.0. The van der Waals surface area contributed by atoms with E-state index in [1.54, 1.807) is 0 Å². The molecule has 0 aliphatic carbocycles. The second kappa shape index (κ2) is 26.9. The van der Waals surface area contributed by atoms with Gasteiger partial charge in [0.05, 0.1) is 47.2 Å². The van der Waals surface area contributed by atoms with Crippen LogP contribution in [0.15, 0.2) is 112 Å². The van der Waals surface area contributed by atoms with E-state index in [2.05, 4.69) is 46.0 Å². The van der Waals surface area contributed by atoms with Gasteiger partial charge < -0.3 is 43.6 Å². The molecule has 0 saturated heterocycles. The molecular weight excluding hydrogens is 1170 g/mol. The molecular formula is C33H19ClCuN9Na5O17S5. The Morgan fingerprint density at radius 2 is 1.00 bits per heavy atom. The summed E-state index contributed by atoms with van der Waals surface area (Å²) < 4.78 is 180. The van der Waals surface area contributed by atoms with Crippen LogP contribution >= 0.6 is 11.6 Å². The minimum atomic E-state index is -5.79. The summed E-state index contributed by atoms with van der Waals surface area (Å²) in [6.45, 7) is 2.78. The van der Waals surface area contributed by atoms with Crippen molar-refractivity contribution in [3.63, 3.8) is 0 Å². The molecule has 351 valence electrons. The molecule has 6 aromatic rings. The first kappa shape index (κ1) is 70.1. The minimum absolute atomic E-state index is 0. The van der Waals surface area contributed by atoms with E-state index in [0.717, 1.165) is 30.3 Å². The van der Waals surface area contributed by atoms with Crippen LogP contribution in [-0.2, 0) is 67.7 Å². The summed E-state index contributed by atoms with van der Waals surface area (Å²) in [5.41, 5.74) is -3.45. The molecule has 0 unspecified atom stereocenters. The molecule has 0 atom stereocenters. The van der Waals surface area contributed by atoms with Gasteiger partial charge in [0, 0.05) is 11.1 Å². The van der Waals surface area contributed by atoms with Gasteiger partial charge in [0.1, 0.15) is 56.3 Å². The molecule has 0 saturated carbocycles. The molecule has 6 rings (SSSR count). The van der Waals surface area contributed by atoms with Gasteiger partial charge in [-0.1, -0.05) is 23.6 Å². The van der Waals surface area contributed by atoms with Crippen molar-refractivity contribution in [1.29, 1.82) is 0 Å². The first-order valence-corrected chi connectivity index (χ1v) is 24.3. The fourth-order valence-electron chi connectivity index (χ4n) is 5.63. The molecule has 1 aromatic heterocycles. The van der Waals surface area contributed by atoms with Gasteiger partial charge in [0.25, 0.3) is 0 Å². The van der Waals surface area contributed by atoms with Gasteiger partial charge in [0.15, 0.2) is 0 Å². The van der Waals surface area contributed by atoms with Crippen molar-refractivity contribution in [2.45, 2.75) is 38.3 Å². The zero-order chi connectivity index (χ0) is 48.2. The zero-order valence-corrected chi connectivity index (χ0v) is 52.9. The molecule has 0 amide bonds. The van der Waals surface area contributed by atoms with E-state index in [1.807, 2.05) is 0 Å². The second-order valence-corrected chi connectivity index (χ2v) is 20.1. The Bertz CT molecular complexity index is 3690. The summed E-state index contributed by atoms with van der Waals surface area (Å²) in [5, 5.41) is 43.7. The Kier molecular flexibility index (Phi) is 26.6. The molecule has 0 bridgehead atoms. The summed E-state index contributed by atoms with van der Waals surface area (Å²) in [7, 11) is -26.9. The molecule has 1 radical (unpaired) electrons. The van der Waals surface area contributed by atoms with E-state index in [4.69, 9.17) is 11.6 Å². The topological polar surface area (TPSA) is 444 Å². The third-order valence-electron chi connectivity index (χ3n) is 8.57. The SMILES string of the molecule is Cc1cc(N=Nc2c(S(=O)(=O)[O-])cc3c(S(=O)(=O)[O-])c(Nc4nc(Cl)nc(Nc5cc(S(=O)(=O)[O-])ccc5C)n4)ccc3c2[O-])c([O-])cc1N=Nc1cc(S(=O)(=O)[O-])ccc1S(=O)(=O)[O-].[Cu+2].[Na+].[Na+].[Na+].[Na+].[Na+]. The summed E-state index contributed by atoms with van der Waals surface area (Å²) in [4.78, 5) is 6.09. The summed E-state index contributed by atoms with van der Waals surface area (Å²) in [6.07, 6.45) is 0. The first-order chi connectivity index (χ1) is 29.9. The maximum Gasteiger partial charge on any atom is 2.00 e. The smallest absolute Gasteiger partial charge is 0.871 e. The van der Waals surface area contributed by atoms with Gasteiger partial charge in [-0.25, -0.2) is 42.1 Å². The van der Waals surface area contributed by atoms with Gasteiger partial charge in [-0.2, -0.15) is 25.2 Å². The van der Waals surface area contributed by atoms with E-state index >= 15 is 0 Å². The zero-order valence-electron chi connectivity index (χ0n) is 37.1. The molecule has 0 aliphatic heterocycles. The van der Waals surface area contributed by atoms with Crippen molar-refractivity contribution in [1.82, 2.24) is 15.0 Å². The average Bonchev–Trinajstić information content (AvgIpc) is 3.16.